The second-order valence-electron chi connectivity index (χ2n) is 6.15. The summed E-state index contributed by atoms with van der Waals surface area (Å²) in [5.74, 6) is 1.05. The van der Waals surface area contributed by atoms with Gasteiger partial charge in [0.05, 0.1) is 11.3 Å². The highest BCUT2D eigenvalue weighted by Crippen LogP contribution is 2.33. The Morgan fingerprint density at radius 1 is 1.32 bits per heavy atom. The number of hydrogen-bond donors (Lipinski definition) is 2. The Bertz CT molecular complexity index is 537. The highest BCUT2D eigenvalue weighted by Gasteiger charge is 2.23. The summed E-state index contributed by atoms with van der Waals surface area (Å²) in [4.78, 5) is 4.37. The number of nitrogens with zero attached hydrogens (tertiary/aromatic N) is 2. The lowest BCUT2D eigenvalue weighted by molar-refractivity contribution is 0.258. The van der Waals surface area contributed by atoms with Crippen molar-refractivity contribution in [2.45, 2.75) is 34.1 Å². The quantitative estimate of drug-likeness (QED) is 0.887. The van der Waals surface area contributed by atoms with Gasteiger partial charge in [-0.15, -0.1) is 0 Å². The summed E-state index contributed by atoms with van der Waals surface area (Å²) in [7, 11) is 0. The van der Waals surface area contributed by atoms with Crippen molar-refractivity contribution in [1.82, 2.24) is 15.2 Å². The van der Waals surface area contributed by atoms with Gasteiger partial charge in [-0.1, -0.05) is 33.8 Å². The molecule has 1 atom stereocenters. The fraction of sp³-hybridized carbons (Fsp3) is 0.467. The number of rotatable bonds is 3. The molecule has 0 fully saturated rings. The molecule has 0 bridgehead atoms. The van der Waals surface area contributed by atoms with E-state index in [1.54, 1.807) is 6.20 Å². The van der Waals surface area contributed by atoms with Crippen molar-refractivity contribution in [2.75, 3.05) is 5.73 Å². The van der Waals surface area contributed by atoms with E-state index in [1.807, 2.05) is 18.2 Å². The minimum atomic E-state index is 0.251. The Kier molecular flexibility index (Phi) is 3.60. The molecule has 19 heavy (non-hydrogen) atoms. The van der Waals surface area contributed by atoms with Gasteiger partial charge in [0.15, 0.2) is 5.82 Å². The molecule has 0 radical (unpaired) electrons. The molecule has 0 saturated heterocycles. The van der Waals surface area contributed by atoms with Gasteiger partial charge in [0.25, 0.3) is 0 Å². The smallest absolute Gasteiger partial charge is 0.154 e. The maximum absolute atomic E-state index is 5.98. The maximum Gasteiger partial charge on any atom is 0.154 e. The summed E-state index contributed by atoms with van der Waals surface area (Å²) in [6, 6.07) is 5.83. The first-order valence-electron chi connectivity index (χ1n) is 6.63. The summed E-state index contributed by atoms with van der Waals surface area (Å²) in [5.41, 5.74) is 9.12. The number of nitrogens with two attached hydrogens (primary N) is 1. The van der Waals surface area contributed by atoms with Crippen LogP contribution in [-0.2, 0) is 6.42 Å². The van der Waals surface area contributed by atoms with Gasteiger partial charge in [-0.05, 0) is 29.9 Å². The molecule has 3 N–H and O–H groups in total. The Labute approximate surface area is 114 Å². The fourth-order valence-corrected chi connectivity index (χ4v) is 1.95. The molecule has 0 aliphatic heterocycles. The molecular weight excluding hydrogens is 236 g/mol. The van der Waals surface area contributed by atoms with Crippen LogP contribution in [0.5, 0.6) is 0 Å². The molecule has 2 aromatic heterocycles. The van der Waals surface area contributed by atoms with Crippen molar-refractivity contribution in [3.05, 3.63) is 30.1 Å². The third-order valence-corrected chi connectivity index (χ3v) is 3.78. The van der Waals surface area contributed by atoms with Crippen LogP contribution in [0.3, 0.4) is 0 Å². The predicted molar refractivity (Wildman–Crippen MR) is 78.6 cm³/mol. The van der Waals surface area contributed by atoms with E-state index in [1.165, 1.54) is 0 Å². The minimum Gasteiger partial charge on any atom is -0.382 e. The molecule has 1 unspecified atom stereocenters. The molecule has 0 spiro atoms. The summed E-state index contributed by atoms with van der Waals surface area (Å²) in [6.07, 6.45) is 2.69. The second kappa shape index (κ2) is 5.03. The van der Waals surface area contributed by atoms with Crippen LogP contribution in [0, 0.1) is 11.3 Å². The van der Waals surface area contributed by atoms with Gasteiger partial charge in [0.2, 0.25) is 0 Å². The first-order chi connectivity index (χ1) is 8.89. The van der Waals surface area contributed by atoms with Crippen molar-refractivity contribution in [1.29, 1.82) is 0 Å². The largest absolute Gasteiger partial charge is 0.382 e. The zero-order chi connectivity index (χ0) is 14.0. The lowest BCUT2D eigenvalue weighted by Gasteiger charge is -2.27. The topological polar surface area (TPSA) is 67.6 Å². The number of nitrogens with one attached hydrogen (secondary N) is 1. The van der Waals surface area contributed by atoms with E-state index in [0.29, 0.717) is 11.7 Å². The molecule has 0 saturated carbocycles. The van der Waals surface area contributed by atoms with E-state index >= 15 is 0 Å². The number of pyridine rings is 1. The van der Waals surface area contributed by atoms with Crippen LogP contribution in [0.2, 0.25) is 0 Å². The molecular formula is C15H22N4. The van der Waals surface area contributed by atoms with Crippen LogP contribution in [-0.4, -0.2) is 15.2 Å². The number of anilines is 1. The normalized spacial score (nSPS) is 13.5. The van der Waals surface area contributed by atoms with Crippen molar-refractivity contribution < 1.29 is 0 Å². The first kappa shape index (κ1) is 13.6. The van der Waals surface area contributed by atoms with Gasteiger partial charge >= 0.3 is 0 Å². The second-order valence-corrected chi connectivity index (χ2v) is 6.15. The van der Waals surface area contributed by atoms with E-state index in [9.17, 15) is 0 Å². The highest BCUT2D eigenvalue weighted by molar-refractivity contribution is 5.73. The summed E-state index contributed by atoms with van der Waals surface area (Å²) >= 11 is 0. The molecule has 4 heteroatoms. The third kappa shape index (κ3) is 2.95. The van der Waals surface area contributed by atoms with Gasteiger partial charge in [-0.2, -0.15) is 5.10 Å². The first-order valence-corrected chi connectivity index (χ1v) is 6.63. The van der Waals surface area contributed by atoms with E-state index < -0.39 is 0 Å². The summed E-state index contributed by atoms with van der Waals surface area (Å²) < 4.78 is 0. The van der Waals surface area contributed by atoms with E-state index in [0.717, 1.165) is 23.4 Å². The standard InChI is InChI=1S/C15H22N4/c1-10(15(2,3)4)9-12-13(14(16)19-18-12)11-7-5-6-8-17-11/h5-8,10H,9H2,1-4H3,(H3,16,18,19). The zero-order valence-electron chi connectivity index (χ0n) is 12.1. The van der Waals surface area contributed by atoms with E-state index in [4.69, 9.17) is 5.73 Å². The number of nitrogen functional groups attached to an aromatic ring is 1. The molecule has 4 nitrogen and oxygen atoms in total. The van der Waals surface area contributed by atoms with Gasteiger partial charge in [-0.3, -0.25) is 10.1 Å². The van der Waals surface area contributed by atoms with E-state index in [-0.39, 0.29) is 5.41 Å². The van der Waals surface area contributed by atoms with Crippen LogP contribution in [0.4, 0.5) is 5.82 Å². The molecule has 2 heterocycles. The molecule has 0 amide bonds. The Morgan fingerprint density at radius 2 is 2.05 bits per heavy atom. The Hall–Kier alpha value is -1.84. The molecule has 0 aliphatic rings. The number of aromatic amines is 1. The van der Waals surface area contributed by atoms with Crippen LogP contribution in [0.1, 0.15) is 33.4 Å². The minimum absolute atomic E-state index is 0.251. The van der Waals surface area contributed by atoms with Crippen LogP contribution in [0.15, 0.2) is 24.4 Å². The Morgan fingerprint density at radius 3 is 2.63 bits per heavy atom. The molecule has 102 valence electrons. The van der Waals surface area contributed by atoms with E-state index in [2.05, 4.69) is 42.9 Å². The fourth-order valence-electron chi connectivity index (χ4n) is 1.95. The van der Waals surface area contributed by atoms with Gasteiger partial charge in [0, 0.05) is 11.9 Å². The average Bonchev–Trinajstić information content (AvgIpc) is 2.70. The lowest BCUT2D eigenvalue weighted by atomic mass is 9.79. The van der Waals surface area contributed by atoms with Crippen molar-refractivity contribution in [2.24, 2.45) is 11.3 Å². The van der Waals surface area contributed by atoms with Crippen molar-refractivity contribution in [3.8, 4) is 11.3 Å². The predicted octanol–water partition coefficient (Wildman–Crippen LogP) is 3.28. The SMILES string of the molecule is CC(Cc1[nH]nc(N)c1-c1ccccn1)C(C)(C)C. The van der Waals surface area contributed by atoms with Gasteiger partial charge in [0.1, 0.15) is 0 Å². The monoisotopic (exact) mass is 258 g/mol. The van der Waals surface area contributed by atoms with Crippen LogP contribution >= 0.6 is 0 Å². The summed E-state index contributed by atoms with van der Waals surface area (Å²) in [5, 5.41) is 7.20. The number of H-pyrrole nitrogens is 1. The van der Waals surface area contributed by atoms with Gasteiger partial charge in [-0.25, -0.2) is 0 Å². The van der Waals surface area contributed by atoms with Crippen molar-refractivity contribution >= 4 is 5.82 Å². The van der Waals surface area contributed by atoms with Gasteiger partial charge < -0.3 is 5.73 Å². The number of hydrogen-bond acceptors (Lipinski definition) is 3. The Balaban J connectivity index is 2.34. The average molecular weight is 258 g/mol. The maximum atomic E-state index is 5.98. The molecule has 2 rings (SSSR count). The molecule has 0 aliphatic carbocycles. The summed E-state index contributed by atoms with van der Waals surface area (Å²) in [6.45, 7) is 8.99. The lowest BCUT2D eigenvalue weighted by Crippen LogP contribution is -2.19. The molecule has 2 aromatic rings. The third-order valence-electron chi connectivity index (χ3n) is 3.78. The van der Waals surface area contributed by atoms with Crippen LogP contribution < -0.4 is 5.73 Å². The highest BCUT2D eigenvalue weighted by atomic mass is 15.2. The van der Waals surface area contributed by atoms with Crippen LogP contribution in [0.25, 0.3) is 11.3 Å². The number of aromatic nitrogens is 3. The zero-order valence-corrected chi connectivity index (χ0v) is 12.1. The molecule has 0 aromatic carbocycles. The van der Waals surface area contributed by atoms with Crippen molar-refractivity contribution in [3.63, 3.8) is 0 Å².